The van der Waals surface area contributed by atoms with Gasteiger partial charge in [-0.2, -0.15) is 5.10 Å². The van der Waals surface area contributed by atoms with Crippen molar-refractivity contribution in [2.45, 2.75) is 40.2 Å². The Bertz CT molecular complexity index is 758. The third-order valence-corrected chi connectivity index (χ3v) is 5.13. The smallest absolute Gasteiger partial charge is 0.243 e. The van der Waals surface area contributed by atoms with Crippen LogP contribution in [0.15, 0.2) is 18.2 Å². The molecule has 0 amide bonds. The summed E-state index contributed by atoms with van der Waals surface area (Å²) < 4.78 is 14.6. The lowest BCUT2D eigenvalue weighted by Crippen LogP contribution is -2.46. The molecular weight excluding hydrogens is 343 g/mol. The van der Waals surface area contributed by atoms with E-state index in [1.807, 2.05) is 19.1 Å². The van der Waals surface area contributed by atoms with Crippen LogP contribution in [0.2, 0.25) is 0 Å². The first-order valence-corrected chi connectivity index (χ1v) is 9.86. The Morgan fingerprint density at radius 3 is 2.37 bits per heavy atom. The van der Waals surface area contributed by atoms with Crippen molar-refractivity contribution in [1.29, 1.82) is 0 Å². The summed E-state index contributed by atoms with van der Waals surface area (Å²) in [5.41, 5.74) is 3.45. The van der Waals surface area contributed by atoms with E-state index in [0.717, 1.165) is 62.5 Å². The van der Waals surface area contributed by atoms with Crippen LogP contribution in [0.4, 0.5) is 16.0 Å². The average Bonchev–Trinajstić information content (AvgIpc) is 2.72. The summed E-state index contributed by atoms with van der Waals surface area (Å²) in [5, 5.41) is 11.5. The second kappa shape index (κ2) is 9.08. The minimum atomic E-state index is -0.172. The van der Waals surface area contributed by atoms with Crippen LogP contribution >= 0.6 is 0 Å². The molecule has 6 nitrogen and oxygen atoms in total. The maximum absolute atomic E-state index is 14.6. The standard InChI is InChI=1S/C20H29FN6/c1-4-17-18(5-2)24-25-20(23-17)22-14-15-7-8-19(16(21)13-15)27-11-9-26(6-3)10-12-27/h7-8,13H,4-6,9-12,14H2,1-3H3,(H,22,23,25). The van der Waals surface area contributed by atoms with E-state index >= 15 is 0 Å². The minimum absolute atomic E-state index is 0.172. The molecule has 7 heteroatoms. The first kappa shape index (κ1) is 19.5. The predicted octanol–water partition coefficient (Wildman–Crippen LogP) is 2.89. The lowest BCUT2D eigenvalue weighted by molar-refractivity contribution is 0.270. The molecule has 1 aliphatic heterocycles. The second-order valence-electron chi connectivity index (χ2n) is 6.80. The Hall–Kier alpha value is -2.28. The van der Waals surface area contributed by atoms with Crippen LogP contribution in [0, 0.1) is 5.82 Å². The number of piperazine rings is 1. The van der Waals surface area contributed by atoms with Crippen molar-refractivity contribution in [3.63, 3.8) is 0 Å². The van der Waals surface area contributed by atoms with Gasteiger partial charge in [0.2, 0.25) is 5.95 Å². The van der Waals surface area contributed by atoms with Crippen LogP contribution in [0.1, 0.15) is 37.7 Å². The monoisotopic (exact) mass is 372 g/mol. The molecule has 1 aromatic heterocycles. The minimum Gasteiger partial charge on any atom is -0.367 e. The number of nitrogens with zero attached hydrogens (tertiary/aromatic N) is 5. The summed E-state index contributed by atoms with van der Waals surface area (Å²) in [6, 6.07) is 5.44. The van der Waals surface area contributed by atoms with Gasteiger partial charge in [-0.1, -0.05) is 26.8 Å². The Morgan fingerprint density at radius 1 is 1.00 bits per heavy atom. The van der Waals surface area contributed by atoms with Gasteiger partial charge in [0, 0.05) is 32.7 Å². The topological polar surface area (TPSA) is 57.2 Å². The number of aryl methyl sites for hydroxylation is 2. The maximum atomic E-state index is 14.6. The Labute approximate surface area is 160 Å². The van der Waals surface area contributed by atoms with Crippen LogP contribution in [-0.2, 0) is 19.4 Å². The highest BCUT2D eigenvalue weighted by molar-refractivity contribution is 5.50. The van der Waals surface area contributed by atoms with E-state index in [9.17, 15) is 4.39 Å². The molecule has 1 N–H and O–H groups in total. The molecule has 0 unspecified atom stereocenters. The molecule has 0 radical (unpaired) electrons. The summed E-state index contributed by atoms with van der Waals surface area (Å²) in [6.07, 6.45) is 1.64. The molecule has 0 bridgehead atoms. The van der Waals surface area contributed by atoms with Crippen molar-refractivity contribution in [3.8, 4) is 0 Å². The number of rotatable bonds is 7. The van der Waals surface area contributed by atoms with Crippen molar-refractivity contribution < 1.29 is 4.39 Å². The van der Waals surface area contributed by atoms with Crippen molar-refractivity contribution in [2.24, 2.45) is 0 Å². The Kier molecular flexibility index (Phi) is 6.55. The Morgan fingerprint density at radius 2 is 1.74 bits per heavy atom. The molecule has 1 saturated heterocycles. The van der Waals surface area contributed by atoms with Gasteiger partial charge in [-0.3, -0.25) is 0 Å². The fourth-order valence-electron chi connectivity index (χ4n) is 3.42. The zero-order chi connectivity index (χ0) is 19.2. The fraction of sp³-hybridized carbons (Fsp3) is 0.550. The van der Waals surface area contributed by atoms with Crippen LogP contribution < -0.4 is 10.2 Å². The number of aromatic nitrogens is 3. The lowest BCUT2D eigenvalue weighted by atomic mass is 10.1. The number of halogens is 1. The number of likely N-dealkylation sites (N-methyl/N-ethyl adjacent to an activating group) is 1. The molecule has 2 heterocycles. The summed E-state index contributed by atoms with van der Waals surface area (Å²) >= 11 is 0. The molecular formula is C20H29FN6. The molecule has 1 aromatic carbocycles. The van der Waals surface area contributed by atoms with Gasteiger partial charge in [-0.25, -0.2) is 9.37 Å². The van der Waals surface area contributed by atoms with Gasteiger partial charge in [-0.15, -0.1) is 5.10 Å². The van der Waals surface area contributed by atoms with Crippen molar-refractivity contribution in [1.82, 2.24) is 20.1 Å². The summed E-state index contributed by atoms with van der Waals surface area (Å²) in [4.78, 5) is 9.03. The third kappa shape index (κ3) is 4.71. The highest BCUT2D eigenvalue weighted by atomic mass is 19.1. The molecule has 0 saturated carbocycles. The van der Waals surface area contributed by atoms with E-state index in [0.29, 0.717) is 18.2 Å². The summed E-state index contributed by atoms with van der Waals surface area (Å²) in [5.74, 6) is 0.318. The normalized spacial score (nSPS) is 15.2. The van der Waals surface area contributed by atoms with Gasteiger partial charge in [0.05, 0.1) is 17.1 Å². The number of hydrogen-bond acceptors (Lipinski definition) is 6. The molecule has 0 aliphatic carbocycles. The number of hydrogen-bond donors (Lipinski definition) is 1. The number of benzene rings is 1. The molecule has 146 valence electrons. The van der Waals surface area contributed by atoms with Crippen LogP contribution in [0.3, 0.4) is 0 Å². The molecule has 1 fully saturated rings. The number of anilines is 2. The van der Waals surface area contributed by atoms with Gasteiger partial charge in [0.1, 0.15) is 5.82 Å². The SMILES string of the molecule is CCc1nnc(NCc2ccc(N3CCN(CC)CC3)c(F)c2)nc1CC. The van der Waals surface area contributed by atoms with E-state index < -0.39 is 0 Å². The fourth-order valence-corrected chi connectivity index (χ4v) is 3.42. The van der Waals surface area contributed by atoms with Crippen LogP contribution in [0.5, 0.6) is 0 Å². The van der Waals surface area contributed by atoms with Crippen molar-refractivity contribution in [3.05, 3.63) is 41.0 Å². The van der Waals surface area contributed by atoms with Crippen molar-refractivity contribution >= 4 is 11.6 Å². The molecule has 3 rings (SSSR count). The van der Waals surface area contributed by atoms with E-state index in [1.165, 1.54) is 0 Å². The maximum Gasteiger partial charge on any atom is 0.243 e. The molecule has 2 aromatic rings. The van der Waals surface area contributed by atoms with E-state index in [2.05, 4.69) is 44.1 Å². The quantitative estimate of drug-likeness (QED) is 0.807. The predicted molar refractivity (Wildman–Crippen MR) is 107 cm³/mol. The Balaban J connectivity index is 1.63. The van der Waals surface area contributed by atoms with Crippen molar-refractivity contribution in [2.75, 3.05) is 42.9 Å². The van der Waals surface area contributed by atoms with E-state index in [1.54, 1.807) is 6.07 Å². The highest BCUT2D eigenvalue weighted by Gasteiger charge is 2.18. The van der Waals surface area contributed by atoms with Gasteiger partial charge in [0.25, 0.3) is 0 Å². The van der Waals surface area contributed by atoms with E-state index in [4.69, 9.17) is 0 Å². The largest absolute Gasteiger partial charge is 0.367 e. The highest BCUT2D eigenvalue weighted by Crippen LogP contribution is 2.22. The van der Waals surface area contributed by atoms with Crippen LogP contribution in [0.25, 0.3) is 0 Å². The zero-order valence-corrected chi connectivity index (χ0v) is 16.5. The molecule has 0 atom stereocenters. The first-order chi connectivity index (χ1) is 13.1. The second-order valence-corrected chi connectivity index (χ2v) is 6.80. The summed E-state index contributed by atoms with van der Waals surface area (Å²) in [6.45, 7) is 11.5. The van der Waals surface area contributed by atoms with Gasteiger partial charge >= 0.3 is 0 Å². The van der Waals surface area contributed by atoms with Gasteiger partial charge in [0.15, 0.2) is 0 Å². The molecule has 1 aliphatic rings. The number of nitrogens with one attached hydrogen (secondary N) is 1. The van der Waals surface area contributed by atoms with Gasteiger partial charge in [-0.05, 0) is 37.1 Å². The van der Waals surface area contributed by atoms with Gasteiger partial charge < -0.3 is 15.1 Å². The average molecular weight is 372 g/mol. The molecule has 0 spiro atoms. The summed E-state index contributed by atoms with van der Waals surface area (Å²) in [7, 11) is 0. The third-order valence-electron chi connectivity index (χ3n) is 5.13. The van der Waals surface area contributed by atoms with E-state index in [-0.39, 0.29) is 5.82 Å². The first-order valence-electron chi connectivity index (χ1n) is 9.86. The molecule has 27 heavy (non-hydrogen) atoms. The lowest BCUT2D eigenvalue weighted by Gasteiger charge is -2.35. The zero-order valence-electron chi connectivity index (χ0n) is 16.5. The van der Waals surface area contributed by atoms with Crippen LogP contribution in [-0.4, -0.2) is 52.8 Å².